The first kappa shape index (κ1) is 19.6. The van der Waals surface area contributed by atoms with Gasteiger partial charge in [-0.2, -0.15) is 0 Å². The number of nitrogens with two attached hydrogens (primary N) is 1. The van der Waals surface area contributed by atoms with Gasteiger partial charge in [-0.3, -0.25) is 4.79 Å². The van der Waals surface area contributed by atoms with E-state index in [9.17, 15) is 4.79 Å². The van der Waals surface area contributed by atoms with E-state index < -0.39 is 0 Å². The second-order valence-corrected chi connectivity index (χ2v) is 5.59. The molecule has 0 radical (unpaired) electrons. The lowest BCUT2D eigenvalue weighted by Crippen LogP contribution is -2.29. The molecule has 1 fully saturated rings. The molecule has 0 aliphatic carbocycles. The van der Waals surface area contributed by atoms with E-state index in [-0.39, 0.29) is 18.3 Å². The van der Waals surface area contributed by atoms with Crippen molar-refractivity contribution in [2.45, 2.75) is 26.2 Å². The highest BCUT2D eigenvalue weighted by Gasteiger charge is 2.24. The molecule has 6 heteroatoms. The summed E-state index contributed by atoms with van der Waals surface area (Å²) in [5.74, 6) is 2.34. The van der Waals surface area contributed by atoms with Gasteiger partial charge in [-0.25, -0.2) is 0 Å². The Kier molecular flexibility index (Phi) is 8.81. The first-order valence-electron chi connectivity index (χ1n) is 8.06. The summed E-state index contributed by atoms with van der Waals surface area (Å²) in [7, 11) is 0. The molecule has 1 heterocycles. The minimum atomic E-state index is 0. The van der Waals surface area contributed by atoms with Gasteiger partial charge in [0.15, 0.2) is 0 Å². The first-order chi connectivity index (χ1) is 10.7. The van der Waals surface area contributed by atoms with Gasteiger partial charge in [0, 0.05) is 19.5 Å². The monoisotopic (exact) mass is 342 g/mol. The molecule has 130 valence electrons. The molecule has 5 nitrogen and oxygen atoms in total. The minimum absolute atomic E-state index is 0. The predicted octanol–water partition coefficient (Wildman–Crippen LogP) is 2.47. The van der Waals surface area contributed by atoms with Crippen molar-refractivity contribution in [2.24, 2.45) is 11.7 Å². The SMILES string of the molecule is CCOc1ccc(OCCCC(=O)N2CCC(CN)C2)cc1.Cl. The predicted molar refractivity (Wildman–Crippen MR) is 93.3 cm³/mol. The zero-order chi connectivity index (χ0) is 15.8. The van der Waals surface area contributed by atoms with Crippen LogP contribution in [0.3, 0.4) is 0 Å². The van der Waals surface area contributed by atoms with E-state index in [2.05, 4.69) is 0 Å². The standard InChI is InChI=1S/C17H26N2O3.ClH/c1-2-21-15-5-7-16(8-6-15)22-11-3-4-17(20)19-10-9-14(12-18)13-19;/h5-8,14H,2-4,9-13,18H2,1H3;1H. The minimum Gasteiger partial charge on any atom is -0.494 e. The van der Waals surface area contributed by atoms with E-state index in [1.54, 1.807) is 0 Å². The summed E-state index contributed by atoms with van der Waals surface area (Å²) < 4.78 is 11.0. The summed E-state index contributed by atoms with van der Waals surface area (Å²) in [5.41, 5.74) is 5.64. The van der Waals surface area contributed by atoms with E-state index in [1.807, 2.05) is 36.1 Å². The number of amides is 1. The molecule has 1 amide bonds. The molecular formula is C17H27ClN2O3. The van der Waals surface area contributed by atoms with Crippen LogP contribution in [0.15, 0.2) is 24.3 Å². The smallest absolute Gasteiger partial charge is 0.222 e. The maximum Gasteiger partial charge on any atom is 0.222 e. The number of carbonyl (C=O) groups is 1. The second kappa shape index (κ2) is 10.3. The van der Waals surface area contributed by atoms with Crippen LogP contribution in [0, 0.1) is 5.92 Å². The number of benzene rings is 1. The molecule has 0 bridgehead atoms. The maximum atomic E-state index is 12.0. The summed E-state index contributed by atoms with van der Waals surface area (Å²) in [4.78, 5) is 14.0. The van der Waals surface area contributed by atoms with Crippen LogP contribution in [0.25, 0.3) is 0 Å². The molecule has 0 aromatic heterocycles. The van der Waals surface area contributed by atoms with Gasteiger partial charge in [0.25, 0.3) is 0 Å². The molecule has 1 aliphatic heterocycles. The summed E-state index contributed by atoms with van der Waals surface area (Å²) in [6.45, 7) is 5.50. The average Bonchev–Trinajstić information content (AvgIpc) is 3.02. The topological polar surface area (TPSA) is 64.8 Å². The number of nitrogens with zero attached hydrogens (tertiary/aromatic N) is 1. The molecule has 1 atom stereocenters. The fourth-order valence-electron chi connectivity index (χ4n) is 2.62. The normalized spacial score (nSPS) is 16.8. The number of carbonyl (C=O) groups excluding carboxylic acids is 1. The molecule has 1 saturated heterocycles. The Balaban J connectivity index is 0.00000264. The molecule has 1 aliphatic rings. The number of hydrogen-bond donors (Lipinski definition) is 1. The lowest BCUT2D eigenvalue weighted by atomic mass is 10.1. The number of hydrogen-bond acceptors (Lipinski definition) is 4. The lowest BCUT2D eigenvalue weighted by molar-refractivity contribution is -0.130. The molecule has 0 spiro atoms. The third-order valence-corrected chi connectivity index (χ3v) is 3.91. The average molecular weight is 343 g/mol. The van der Waals surface area contributed by atoms with Crippen molar-refractivity contribution in [3.8, 4) is 11.5 Å². The van der Waals surface area contributed by atoms with Crippen LogP contribution >= 0.6 is 12.4 Å². The largest absolute Gasteiger partial charge is 0.494 e. The van der Waals surface area contributed by atoms with Gasteiger partial charge in [-0.1, -0.05) is 0 Å². The molecular weight excluding hydrogens is 316 g/mol. The molecule has 1 unspecified atom stereocenters. The van der Waals surface area contributed by atoms with Gasteiger partial charge in [-0.15, -0.1) is 12.4 Å². The van der Waals surface area contributed by atoms with Crippen molar-refractivity contribution in [2.75, 3.05) is 32.8 Å². The van der Waals surface area contributed by atoms with Gasteiger partial charge < -0.3 is 20.1 Å². The van der Waals surface area contributed by atoms with Crippen LogP contribution in [-0.2, 0) is 4.79 Å². The molecule has 1 aromatic carbocycles. The van der Waals surface area contributed by atoms with Gasteiger partial charge >= 0.3 is 0 Å². The Labute approximate surface area is 144 Å². The van der Waals surface area contributed by atoms with Crippen molar-refractivity contribution in [3.63, 3.8) is 0 Å². The van der Waals surface area contributed by atoms with Crippen LogP contribution in [0.4, 0.5) is 0 Å². The van der Waals surface area contributed by atoms with Gasteiger partial charge in [0.05, 0.1) is 13.2 Å². The Morgan fingerprint density at radius 3 is 2.48 bits per heavy atom. The van der Waals surface area contributed by atoms with E-state index in [0.717, 1.165) is 37.4 Å². The van der Waals surface area contributed by atoms with Crippen molar-refractivity contribution < 1.29 is 14.3 Å². The second-order valence-electron chi connectivity index (χ2n) is 5.59. The number of halogens is 1. The van der Waals surface area contributed by atoms with Crippen LogP contribution in [0.1, 0.15) is 26.2 Å². The fraction of sp³-hybridized carbons (Fsp3) is 0.588. The highest BCUT2D eigenvalue weighted by atomic mass is 35.5. The summed E-state index contributed by atoms with van der Waals surface area (Å²) in [6.07, 6.45) is 2.30. The van der Waals surface area contributed by atoms with Crippen LogP contribution in [0.2, 0.25) is 0 Å². The van der Waals surface area contributed by atoms with Gasteiger partial charge in [0.1, 0.15) is 11.5 Å². The molecule has 2 rings (SSSR count). The molecule has 1 aromatic rings. The maximum absolute atomic E-state index is 12.0. The third kappa shape index (κ3) is 6.28. The van der Waals surface area contributed by atoms with E-state index in [0.29, 0.717) is 32.1 Å². The lowest BCUT2D eigenvalue weighted by Gasteiger charge is -2.16. The van der Waals surface area contributed by atoms with Crippen LogP contribution < -0.4 is 15.2 Å². The van der Waals surface area contributed by atoms with E-state index in [1.165, 1.54) is 0 Å². The van der Waals surface area contributed by atoms with Gasteiger partial charge in [-0.05, 0) is 56.5 Å². The third-order valence-electron chi connectivity index (χ3n) is 3.91. The molecule has 2 N–H and O–H groups in total. The zero-order valence-corrected chi connectivity index (χ0v) is 14.5. The Morgan fingerprint density at radius 2 is 1.91 bits per heavy atom. The zero-order valence-electron chi connectivity index (χ0n) is 13.7. The van der Waals surface area contributed by atoms with Crippen molar-refractivity contribution >= 4 is 18.3 Å². The number of ether oxygens (including phenoxy) is 2. The summed E-state index contributed by atoms with van der Waals surface area (Å²) >= 11 is 0. The van der Waals surface area contributed by atoms with E-state index in [4.69, 9.17) is 15.2 Å². The molecule has 23 heavy (non-hydrogen) atoms. The quantitative estimate of drug-likeness (QED) is 0.737. The van der Waals surface area contributed by atoms with Gasteiger partial charge in [0.2, 0.25) is 5.91 Å². The van der Waals surface area contributed by atoms with E-state index >= 15 is 0 Å². The molecule has 0 saturated carbocycles. The fourth-order valence-corrected chi connectivity index (χ4v) is 2.62. The highest BCUT2D eigenvalue weighted by molar-refractivity contribution is 5.85. The van der Waals surface area contributed by atoms with Crippen molar-refractivity contribution in [1.82, 2.24) is 4.90 Å². The Hall–Kier alpha value is -1.46. The van der Waals surface area contributed by atoms with Crippen molar-refractivity contribution in [1.29, 1.82) is 0 Å². The number of likely N-dealkylation sites (tertiary alicyclic amines) is 1. The van der Waals surface area contributed by atoms with Crippen molar-refractivity contribution in [3.05, 3.63) is 24.3 Å². The van der Waals surface area contributed by atoms with Crippen LogP contribution in [-0.4, -0.2) is 43.7 Å². The summed E-state index contributed by atoms with van der Waals surface area (Å²) in [5, 5.41) is 0. The first-order valence-corrected chi connectivity index (χ1v) is 8.06. The van der Waals surface area contributed by atoms with Crippen LogP contribution in [0.5, 0.6) is 11.5 Å². The highest BCUT2D eigenvalue weighted by Crippen LogP contribution is 2.18. The summed E-state index contributed by atoms with van der Waals surface area (Å²) in [6, 6.07) is 7.56. The number of rotatable bonds is 8. The Morgan fingerprint density at radius 1 is 1.26 bits per heavy atom. The Bertz CT molecular complexity index is 467.